The molecule has 0 saturated carbocycles. The molecule has 0 atom stereocenters. The normalized spacial score (nSPS) is 11.7. The van der Waals surface area contributed by atoms with Gasteiger partial charge in [0.1, 0.15) is 0 Å². The summed E-state index contributed by atoms with van der Waals surface area (Å²) < 4.78 is 10.7. The Morgan fingerprint density at radius 3 is 2.50 bits per heavy atom. The monoisotopic (exact) mass is 431 g/mol. The Morgan fingerprint density at radius 1 is 0.906 bits per heavy atom. The van der Waals surface area contributed by atoms with Gasteiger partial charge < -0.3 is 25.4 Å². The first-order chi connectivity index (χ1) is 15.6. The third-order valence-electron chi connectivity index (χ3n) is 5.17. The Labute approximate surface area is 186 Å². The van der Waals surface area contributed by atoms with E-state index >= 15 is 0 Å². The molecule has 0 unspecified atom stereocenters. The largest absolute Gasteiger partial charge is 0.454 e. The number of fused-ring (bicyclic) bond motifs is 1. The lowest BCUT2D eigenvalue weighted by atomic mass is 10.1. The average Bonchev–Trinajstić information content (AvgIpc) is 3.30. The van der Waals surface area contributed by atoms with E-state index in [1.165, 1.54) is 0 Å². The van der Waals surface area contributed by atoms with E-state index in [9.17, 15) is 9.59 Å². The molecule has 1 aliphatic heterocycles. The van der Waals surface area contributed by atoms with Crippen LogP contribution in [0.5, 0.6) is 11.5 Å². The Bertz CT molecular complexity index is 1130. The van der Waals surface area contributed by atoms with Crippen molar-refractivity contribution in [2.45, 2.75) is 19.9 Å². The number of nitrogens with one attached hydrogen (secondary N) is 3. The van der Waals surface area contributed by atoms with Crippen molar-refractivity contribution in [3.05, 3.63) is 83.4 Å². The van der Waals surface area contributed by atoms with Gasteiger partial charge in [0, 0.05) is 17.9 Å². The second kappa shape index (κ2) is 9.87. The molecule has 32 heavy (non-hydrogen) atoms. The zero-order valence-corrected chi connectivity index (χ0v) is 17.8. The van der Waals surface area contributed by atoms with Gasteiger partial charge in [-0.15, -0.1) is 0 Å². The first-order valence-corrected chi connectivity index (χ1v) is 10.5. The van der Waals surface area contributed by atoms with Crippen LogP contribution in [-0.4, -0.2) is 25.2 Å². The quantitative estimate of drug-likeness (QED) is 0.503. The number of amides is 2. The number of para-hydroxylation sites is 2. The van der Waals surface area contributed by atoms with Crippen LogP contribution in [0.3, 0.4) is 0 Å². The predicted molar refractivity (Wildman–Crippen MR) is 123 cm³/mol. The van der Waals surface area contributed by atoms with E-state index in [1.54, 1.807) is 18.2 Å². The zero-order valence-electron chi connectivity index (χ0n) is 17.8. The summed E-state index contributed by atoms with van der Waals surface area (Å²) >= 11 is 0. The number of ether oxygens (including phenoxy) is 2. The van der Waals surface area contributed by atoms with Crippen LogP contribution in [-0.2, 0) is 17.8 Å². The summed E-state index contributed by atoms with van der Waals surface area (Å²) in [6.45, 7) is 2.64. The van der Waals surface area contributed by atoms with Gasteiger partial charge in [-0.1, -0.05) is 43.3 Å². The van der Waals surface area contributed by atoms with Crippen molar-refractivity contribution in [2.75, 3.05) is 24.0 Å². The van der Waals surface area contributed by atoms with E-state index in [-0.39, 0.29) is 25.2 Å². The van der Waals surface area contributed by atoms with Crippen molar-refractivity contribution in [3.8, 4) is 11.5 Å². The minimum atomic E-state index is -0.234. The average molecular weight is 431 g/mol. The van der Waals surface area contributed by atoms with Crippen molar-refractivity contribution in [2.24, 2.45) is 0 Å². The molecule has 4 rings (SSSR count). The summed E-state index contributed by atoms with van der Waals surface area (Å²) in [5.74, 6) is 0.966. The molecule has 0 saturated heterocycles. The number of hydrogen-bond acceptors (Lipinski definition) is 5. The lowest BCUT2D eigenvalue weighted by Gasteiger charge is -2.13. The second-order valence-electron chi connectivity index (χ2n) is 7.33. The number of anilines is 2. The molecule has 3 aromatic carbocycles. The maximum Gasteiger partial charge on any atom is 0.253 e. The second-order valence-corrected chi connectivity index (χ2v) is 7.33. The lowest BCUT2D eigenvalue weighted by molar-refractivity contribution is -0.114. The molecule has 7 heteroatoms. The third-order valence-corrected chi connectivity index (χ3v) is 5.17. The highest BCUT2D eigenvalue weighted by molar-refractivity contribution is 6.01. The standard InChI is InChI=1S/C25H25N3O4/c1-2-18-7-3-5-9-20(18)28-24(29)15-26-21-10-6-4-8-19(21)25(30)27-14-17-11-12-22-23(13-17)32-16-31-22/h3-13,26H,2,14-16H2,1H3,(H,27,30)(H,28,29). The molecule has 0 spiro atoms. The van der Waals surface area contributed by atoms with Gasteiger partial charge >= 0.3 is 0 Å². The minimum Gasteiger partial charge on any atom is -0.454 e. The molecule has 3 N–H and O–H groups in total. The van der Waals surface area contributed by atoms with Crippen molar-refractivity contribution in [3.63, 3.8) is 0 Å². The summed E-state index contributed by atoms with van der Waals surface area (Å²) in [6.07, 6.45) is 0.830. The van der Waals surface area contributed by atoms with Crippen LogP contribution < -0.4 is 25.4 Å². The molecule has 7 nitrogen and oxygen atoms in total. The van der Waals surface area contributed by atoms with Crippen LogP contribution in [0.15, 0.2) is 66.7 Å². The Balaban J connectivity index is 1.35. The van der Waals surface area contributed by atoms with E-state index in [1.807, 2.05) is 55.5 Å². The summed E-state index contributed by atoms with van der Waals surface area (Å²) in [6, 6.07) is 20.4. The topological polar surface area (TPSA) is 88.7 Å². The molecule has 0 fully saturated rings. The van der Waals surface area contributed by atoms with Crippen molar-refractivity contribution < 1.29 is 19.1 Å². The molecule has 164 valence electrons. The SMILES string of the molecule is CCc1ccccc1NC(=O)CNc1ccccc1C(=O)NCc1ccc2c(c1)OCO2. The van der Waals surface area contributed by atoms with Crippen LogP contribution in [0.4, 0.5) is 11.4 Å². The van der Waals surface area contributed by atoms with Gasteiger partial charge in [-0.25, -0.2) is 0 Å². The Hall–Kier alpha value is -4.00. The van der Waals surface area contributed by atoms with Gasteiger partial charge in [0.15, 0.2) is 11.5 Å². The number of carbonyl (C=O) groups is 2. The van der Waals surface area contributed by atoms with E-state index in [4.69, 9.17) is 9.47 Å². The molecule has 0 bridgehead atoms. The molecule has 0 radical (unpaired) electrons. The van der Waals surface area contributed by atoms with Gasteiger partial charge in [0.25, 0.3) is 5.91 Å². The maximum absolute atomic E-state index is 12.8. The number of benzene rings is 3. The summed E-state index contributed by atoms with van der Waals surface area (Å²) in [5.41, 5.74) is 3.84. The molecule has 3 aromatic rings. The van der Waals surface area contributed by atoms with Crippen molar-refractivity contribution in [1.82, 2.24) is 5.32 Å². The summed E-state index contributed by atoms with van der Waals surface area (Å²) in [7, 11) is 0. The van der Waals surface area contributed by atoms with Crippen molar-refractivity contribution >= 4 is 23.2 Å². The van der Waals surface area contributed by atoms with Crippen molar-refractivity contribution in [1.29, 1.82) is 0 Å². The molecule has 1 heterocycles. The fraction of sp³-hybridized carbons (Fsp3) is 0.200. The van der Waals surface area contributed by atoms with Crippen LogP contribution >= 0.6 is 0 Å². The zero-order chi connectivity index (χ0) is 22.3. The van der Waals surface area contributed by atoms with Crippen LogP contribution in [0.1, 0.15) is 28.4 Å². The Kier molecular flexibility index (Phi) is 6.55. The van der Waals surface area contributed by atoms with E-state index < -0.39 is 0 Å². The number of hydrogen-bond donors (Lipinski definition) is 3. The smallest absolute Gasteiger partial charge is 0.253 e. The first kappa shape index (κ1) is 21.2. The highest BCUT2D eigenvalue weighted by Gasteiger charge is 2.15. The van der Waals surface area contributed by atoms with Gasteiger partial charge in [-0.05, 0) is 47.9 Å². The summed E-state index contributed by atoms with van der Waals surface area (Å²) in [4.78, 5) is 25.2. The highest BCUT2D eigenvalue weighted by atomic mass is 16.7. The Morgan fingerprint density at radius 2 is 1.66 bits per heavy atom. The lowest BCUT2D eigenvalue weighted by Crippen LogP contribution is -2.26. The first-order valence-electron chi connectivity index (χ1n) is 10.5. The van der Waals surface area contributed by atoms with Gasteiger partial charge in [-0.3, -0.25) is 9.59 Å². The fourth-order valence-corrected chi connectivity index (χ4v) is 3.48. The maximum atomic E-state index is 12.8. The van der Waals surface area contributed by atoms with Gasteiger partial charge in [0.2, 0.25) is 12.7 Å². The molecular formula is C25H25N3O4. The molecule has 1 aliphatic rings. The molecule has 0 aliphatic carbocycles. The highest BCUT2D eigenvalue weighted by Crippen LogP contribution is 2.32. The summed E-state index contributed by atoms with van der Waals surface area (Å²) in [5, 5.41) is 8.91. The van der Waals surface area contributed by atoms with Crippen LogP contribution in [0, 0.1) is 0 Å². The molecule has 2 amide bonds. The van der Waals surface area contributed by atoms with E-state index in [2.05, 4.69) is 16.0 Å². The fourth-order valence-electron chi connectivity index (χ4n) is 3.48. The van der Waals surface area contributed by atoms with E-state index in [0.717, 1.165) is 23.2 Å². The van der Waals surface area contributed by atoms with E-state index in [0.29, 0.717) is 29.3 Å². The predicted octanol–water partition coefficient (Wildman–Crippen LogP) is 3.96. The van der Waals surface area contributed by atoms with Crippen LogP contribution in [0.25, 0.3) is 0 Å². The van der Waals surface area contributed by atoms with Gasteiger partial charge in [-0.2, -0.15) is 0 Å². The number of rotatable bonds is 8. The number of aryl methyl sites for hydroxylation is 1. The molecular weight excluding hydrogens is 406 g/mol. The third kappa shape index (κ3) is 5.00. The molecule has 0 aromatic heterocycles. The number of carbonyl (C=O) groups excluding carboxylic acids is 2. The van der Waals surface area contributed by atoms with Crippen LogP contribution in [0.2, 0.25) is 0 Å². The minimum absolute atomic E-state index is 0.0461. The van der Waals surface area contributed by atoms with Gasteiger partial charge in [0.05, 0.1) is 12.1 Å².